The molecule has 0 atom stereocenters. The van der Waals surface area contributed by atoms with Gasteiger partial charge in [-0.3, -0.25) is 0 Å². The molecular formula is C26H24N2O. The third-order valence-electron chi connectivity index (χ3n) is 5.45. The summed E-state index contributed by atoms with van der Waals surface area (Å²) in [5.74, 6) is 0.614. The van der Waals surface area contributed by atoms with Crippen molar-refractivity contribution >= 4 is 33.0 Å². The molecule has 0 amide bonds. The van der Waals surface area contributed by atoms with Gasteiger partial charge in [0.1, 0.15) is 5.58 Å². The number of benzene rings is 2. The second-order valence-electron chi connectivity index (χ2n) is 8.37. The highest BCUT2D eigenvalue weighted by molar-refractivity contribution is 6.09. The molecule has 3 heterocycles. The van der Waals surface area contributed by atoms with Gasteiger partial charge in [-0.05, 0) is 73.7 Å². The number of hydrogen-bond donors (Lipinski definition) is 0. The highest BCUT2D eigenvalue weighted by Gasteiger charge is 2.16. The van der Waals surface area contributed by atoms with Gasteiger partial charge in [0.2, 0.25) is 5.71 Å². The lowest BCUT2D eigenvalue weighted by atomic mass is 9.97. The van der Waals surface area contributed by atoms with Crippen LogP contribution < -0.4 is 0 Å². The molecule has 29 heavy (non-hydrogen) atoms. The Labute approximate surface area is 170 Å². The van der Waals surface area contributed by atoms with E-state index in [1.807, 2.05) is 13.0 Å². The number of nitrogens with zero attached hydrogens (tertiary/aromatic N) is 2. The van der Waals surface area contributed by atoms with Crippen LogP contribution in [0, 0.1) is 19.8 Å². The van der Waals surface area contributed by atoms with Crippen LogP contribution >= 0.6 is 0 Å². The van der Waals surface area contributed by atoms with Crippen molar-refractivity contribution < 1.29 is 4.42 Å². The standard InChI is InChI=1S/C26H24N2O/c1-15(2)12-18-6-5-7-23-19(18)10-11-24(28-23)22-14-16(3)13-21-20-9-8-17(4)27-26(20)29-25(21)22/h5-11,13-15H,12H2,1-4H3. The van der Waals surface area contributed by atoms with E-state index in [0.717, 1.165) is 45.2 Å². The molecule has 0 aliphatic carbocycles. The largest absolute Gasteiger partial charge is 0.437 e. The zero-order chi connectivity index (χ0) is 20.1. The van der Waals surface area contributed by atoms with Crippen LogP contribution in [0.5, 0.6) is 0 Å². The molecule has 0 unspecified atom stereocenters. The molecule has 0 radical (unpaired) electrons. The molecule has 0 saturated carbocycles. The average Bonchev–Trinajstić information content (AvgIpc) is 3.04. The second-order valence-corrected chi connectivity index (χ2v) is 8.37. The first-order valence-corrected chi connectivity index (χ1v) is 10.2. The molecule has 0 aliphatic rings. The first kappa shape index (κ1) is 17.9. The number of hydrogen-bond acceptors (Lipinski definition) is 3. The summed E-state index contributed by atoms with van der Waals surface area (Å²) in [6.45, 7) is 8.60. The first-order valence-electron chi connectivity index (χ1n) is 10.2. The van der Waals surface area contributed by atoms with Gasteiger partial charge >= 0.3 is 0 Å². The van der Waals surface area contributed by atoms with Crippen LogP contribution in [0.15, 0.2) is 59.0 Å². The lowest BCUT2D eigenvalue weighted by Gasteiger charge is -2.10. The summed E-state index contributed by atoms with van der Waals surface area (Å²) >= 11 is 0. The zero-order valence-electron chi connectivity index (χ0n) is 17.3. The van der Waals surface area contributed by atoms with Gasteiger partial charge in [-0.2, -0.15) is 0 Å². The predicted molar refractivity (Wildman–Crippen MR) is 120 cm³/mol. The van der Waals surface area contributed by atoms with E-state index in [9.17, 15) is 0 Å². The number of fused-ring (bicyclic) bond motifs is 4. The Bertz CT molecular complexity index is 1380. The zero-order valence-corrected chi connectivity index (χ0v) is 17.3. The number of furan rings is 1. The Hall–Kier alpha value is -3.20. The number of aryl methyl sites for hydroxylation is 2. The molecule has 0 fully saturated rings. The molecule has 0 spiro atoms. The minimum absolute atomic E-state index is 0.614. The summed E-state index contributed by atoms with van der Waals surface area (Å²) in [6, 6.07) is 19.2. The van der Waals surface area contributed by atoms with Crippen LogP contribution in [0.2, 0.25) is 0 Å². The minimum Gasteiger partial charge on any atom is -0.437 e. The smallest absolute Gasteiger partial charge is 0.227 e. The Kier molecular flexibility index (Phi) is 4.13. The number of pyridine rings is 2. The van der Waals surface area contributed by atoms with E-state index in [-0.39, 0.29) is 0 Å². The molecule has 0 aliphatic heterocycles. The van der Waals surface area contributed by atoms with E-state index in [1.165, 1.54) is 16.5 Å². The molecule has 3 nitrogen and oxygen atoms in total. The summed E-state index contributed by atoms with van der Waals surface area (Å²) in [7, 11) is 0. The molecule has 0 saturated heterocycles. The molecule has 144 valence electrons. The van der Waals surface area contributed by atoms with Gasteiger partial charge in [-0.15, -0.1) is 0 Å². The lowest BCUT2D eigenvalue weighted by molar-refractivity contribution is 0.650. The summed E-state index contributed by atoms with van der Waals surface area (Å²) in [5, 5.41) is 3.38. The highest BCUT2D eigenvalue weighted by atomic mass is 16.3. The Morgan fingerprint density at radius 2 is 1.69 bits per heavy atom. The van der Waals surface area contributed by atoms with Gasteiger partial charge in [-0.1, -0.05) is 32.0 Å². The van der Waals surface area contributed by atoms with Gasteiger partial charge in [0.25, 0.3) is 0 Å². The van der Waals surface area contributed by atoms with Gasteiger partial charge in [0.15, 0.2) is 0 Å². The minimum atomic E-state index is 0.614. The van der Waals surface area contributed by atoms with E-state index in [2.05, 4.69) is 74.3 Å². The quantitative estimate of drug-likeness (QED) is 0.338. The molecule has 5 rings (SSSR count). The maximum Gasteiger partial charge on any atom is 0.227 e. The van der Waals surface area contributed by atoms with Crippen molar-refractivity contribution in [1.29, 1.82) is 0 Å². The fraction of sp³-hybridized carbons (Fsp3) is 0.231. The molecule has 5 aromatic rings. The van der Waals surface area contributed by atoms with Crippen LogP contribution in [0.4, 0.5) is 0 Å². The predicted octanol–water partition coefficient (Wildman–Crippen LogP) is 7.01. The van der Waals surface area contributed by atoms with Crippen LogP contribution in [0.1, 0.15) is 30.7 Å². The van der Waals surface area contributed by atoms with E-state index in [1.54, 1.807) is 0 Å². The normalized spacial score (nSPS) is 11.9. The molecule has 0 bridgehead atoms. The maximum atomic E-state index is 6.21. The van der Waals surface area contributed by atoms with Crippen molar-refractivity contribution in [2.75, 3.05) is 0 Å². The van der Waals surface area contributed by atoms with Crippen molar-refractivity contribution in [1.82, 2.24) is 9.97 Å². The topological polar surface area (TPSA) is 38.9 Å². The van der Waals surface area contributed by atoms with Crippen LogP contribution in [-0.2, 0) is 6.42 Å². The lowest BCUT2D eigenvalue weighted by Crippen LogP contribution is -1.96. The SMILES string of the molecule is Cc1cc(-c2ccc3c(CC(C)C)cccc3n2)c2oc3nc(C)ccc3c2c1. The second kappa shape index (κ2) is 6.70. The first-order chi connectivity index (χ1) is 14.0. The van der Waals surface area contributed by atoms with E-state index in [4.69, 9.17) is 9.40 Å². The van der Waals surface area contributed by atoms with E-state index >= 15 is 0 Å². The monoisotopic (exact) mass is 380 g/mol. The van der Waals surface area contributed by atoms with Crippen molar-refractivity contribution in [3.05, 3.63) is 71.4 Å². The Morgan fingerprint density at radius 3 is 2.52 bits per heavy atom. The molecular weight excluding hydrogens is 356 g/mol. The summed E-state index contributed by atoms with van der Waals surface area (Å²) in [5.41, 5.74) is 8.02. The Morgan fingerprint density at radius 1 is 0.862 bits per heavy atom. The fourth-order valence-corrected chi connectivity index (χ4v) is 4.17. The van der Waals surface area contributed by atoms with Crippen molar-refractivity contribution in [3.63, 3.8) is 0 Å². The number of aromatic nitrogens is 2. The van der Waals surface area contributed by atoms with Gasteiger partial charge < -0.3 is 4.42 Å². The summed E-state index contributed by atoms with van der Waals surface area (Å²) < 4.78 is 6.21. The summed E-state index contributed by atoms with van der Waals surface area (Å²) in [4.78, 5) is 9.59. The summed E-state index contributed by atoms with van der Waals surface area (Å²) in [6.07, 6.45) is 1.06. The van der Waals surface area contributed by atoms with E-state index < -0.39 is 0 Å². The highest BCUT2D eigenvalue weighted by Crippen LogP contribution is 2.36. The molecule has 3 heteroatoms. The van der Waals surface area contributed by atoms with Crippen molar-refractivity contribution in [2.24, 2.45) is 5.92 Å². The van der Waals surface area contributed by atoms with Crippen LogP contribution in [0.25, 0.3) is 44.2 Å². The third-order valence-corrected chi connectivity index (χ3v) is 5.45. The van der Waals surface area contributed by atoms with Gasteiger partial charge in [0, 0.05) is 27.4 Å². The van der Waals surface area contributed by atoms with Crippen molar-refractivity contribution in [3.8, 4) is 11.3 Å². The molecule has 2 aromatic carbocycles. The number of rotatable bonds is 3. The van der Waals surface area contributed by atoms with E-state index in [0.29, 0.717) is 11.6 Å². The molecule has 0 N–H and O–H groups in total. The van der Waals surface area contributed by atoms with Crippen LogP contribution in [0.3, 0.4) is 0 Å². The maximum absolute atomic E-state index is 6.21. The van der Waals surface area contributed by atoms with Gasteiger partial charge in [0.05, 0.1) is 11.2 Å². The van der Waals surface area contributed by atoms with Crippen molar-refractivity contribution in [2.45, 2.75) is 34.1 Å². The fourth-order valence-electron chi connectivity index (χ4n) is 4.17. The van der Waals surface area contributed by atoms with Gasteiger partial charge in [-0.25, -0.2) is 9.97 Å². The Balaban J connectivity index is 1.74. The third kappa shape index (κ3) is 3.07. The van der Waals surface area contributed by atoms with Crippen LogP contribution in [-0.4, -0.2) is 9.97 Å². The average molecular weight is 380 g/mol. The molecule has 3 aromatic heterocycles.